The maximum Gasteiger partial charge on any atom is 0.407 e. The van der Waals surface area contributed by atoms with Crippen LogP contribution in [0.5, 0.6) is 5.88 Å². The number of hydrogen-bond acceptors (Lipinski definition) is 8. The molecule has 12 heteroatoms. The largest absolute Gasteiger partial charge is 0.475 e. The van der Waals surface area contributed by atoms with Crippen LogP contribution in [0.3, 0.4) is 0 Å². The molecule has 2 N–H and O–H groups in total. The van der Waals surface area contributed by atoms with E-state index in [0.717, 1.165) is 36.0 Å². The smallest absolute Gasteiger partial charge is 0.407 e. The molecular formula is C36H51N5O6S. The summed E-state index contributed by atoms with van der Waals surface area (Å²) in [6.45, 7) is 14.3. The molecule has 0 saturated heterocycles. The lowest BCUT2D eigenvalue weighted by atomic mass is 9.76. The number of sulfonamides is 1. The van der Waals surface area contributed by atoms with E-state index in [1.807, 2.05) is 57.7 Å². The van der Waals surface area contributed by atoms with Crippen molar-refractivity contribution in [2.24, 2.45) is 11.8 Å². The van der Waals surface area contributed by atoms with E-state index in [4.69, 9.17) is 9.47 Å². The van der Waals surface area contributed by atoms with E-state index in [1.165, 1.54) is 12.1 Å². The number of aryl methyl sites for hydroxylation is 2. The maximum atomic E-state index is 14.3. The quantitative estimate of drug-likeness (QED) is 0.272. The van der Waals surface area contributed by atoms with Crippen LogP contribution < -0.4 is 14.8 Å². The molecule has 2 aliphatic rings. The van der Waals surface area contributed by atoms with Gasteiger partial charge < -0.3 is 19.7 Å². The van der Waals surface area contributed by atoms with Crippen LogP contribution in [0, 0.1) is 25.7 Å². The van der Waals surface area contributed by atoms with Gasteiger partial charge in [-0.15, -0.1) is 0 Å². The molecule has 0 unspecified atom stereocenters. The number of hydrogen-bond donors (Lipinski definition) is 2. The van der Waals surface area contributed by atoms with Crippen molar-refractivity contribution in [3.05, 3.63) is 65.2 Å². The van der Waals surface area contributed by atoms with E-state index < -0.39 is 21.7 Å². The number of benzene rings is 2. The Morgan fingerprint density at radius 1 is 1.10 bits per heavy atom. The number of rotatable bonds is 7. The van der Waals surface area contributed by atoms with Gasteiger partial charge in [-0.1, -0.05) is 38.1 Å². The number of ether oxygens (including phenoxy) is 2. The highest BCUT2D eigenvalue weighted by atomic mass is 32.2. The molecule has 1 aliphatic heterocycles. The second-order valence-electron chi connectivity index (χ2n) is 14.3. The number of aromatic nitrogens is 2. The van der Waals surface area contributed by atoms with Gasteiger partial charge in [0, 0.05) is 32.6 Å². The maximum absolute atomic E-state index is 14.3. The number of anilines is 1. The molecule has 1 aliphatic carbocycles. The predicted octanol–water partition coefficient (Wildman–Crippen LogP) is 7.00. The SMILES string of the molecule is Cc1cccc(C)c1-c1cc2nc(n1)NS(=O)(=O)c1cccc(c1)C(=O)N(C1CC(CCNC(=O)OC(C)(C)C)C1)[C@H](CC(C)C)CO2.[HH].[HH]. The lowest BCUT2D eigenvalue weighted by molar-refractivity contribution is 0.0131. The van der Waals surface area contributed by atoms with Gasteiger partial charge in [0.25, 0.3) is 15.9 Å². The van der Waals surface area contributed by atoms with E-state index in [1.54, 1.807) is 18.2 Å². The van der Waals surface area contributed by atoms with Crippen LogP contribution in [-0.2, 0) is 14.8 Å². The first-order chi connectivity index (χ1) is 22.6. The summed E-state index contributed by atoms with van der Waals surface area (Å²) in [5.41, 5.74) is 3.08. The van der Waals surface area contributed by atoms with Crippen molar-refractivity contribution >= 4 is 28.0 Å². The molecule has 262 valence electrons. The number of nitrogens with zero attached hydrogens (tertiary/aromatic N) is 3. The summed E-state index contributed by atoms with van der Waals surface area (Å²) < 4.78 is 41.5. The average Bonchev–Trinajstić information content (AvgIpc) is 2.96. The number of fused-ring (bicyclic) bond motifs is 4. The second-order valence-corrected chi connectivity index (χ2v) is 16.0. The van der Waals surface area contributed by atoms with Gasteiger partial charge in [0.05, 0.1) is 16.6 Å². The van der Waals surface area contributed by atoms with E-state index in [-0.39, 0.29) is 55.7 Å². The van der Waals surface area contributed by atoms with E-state index >= 15 is 0 Å². The lowest BCUT2D eigenvalue weighted by Gasteiger charge is -2.47. The molecular weight excluding hydrogens is 630 g/mol. The molecule has 0 spiro atoms. The van der Waals surface area contributed by atoms with Gasteiger partial charge in [0.15, 0.2) is 0 Å². The molecule has 0 radical (unpaired) electrons. The number of alkyl carbamates (subject to hydrolysis) is 1. The second kappa shape index (κ2) is 14.1. The van der Waals surface area contributed by atoms with Crippen molar-refractivity contribution in [2.45, 2.75) is 96.7 Å². The number of nitrogens with one attached hydrogen (secondary N) is 2. The number of carbonyl (C=O) groups is 2. The van der Waals surface area contributed by atoms with Gasteiger partial charge in [0.2, 0.25) is 11.8 Å². The Kier molecular flexibility index (Phi) is 10.3. The predicted molar refractivity (Wildman–Crippen MR) is 189 cm³/mol. The highest BCUT2D eigenvalue weighted by molar-refractivity contribution is 7.92. The van der Waals surface area contributed by atoms with Crippen molar-refractivity contribution in [3.63, 3.8) is 0 Å². The zero-order valence-electron chi connectivity index (χ0n) is 28.9. The lowest BCUT2D eigenvalue weighted by Crippen LogP contribution is -2.55. The van der Waals surface area contributed by atoms with Gasteiger partial charge in [-0.2, -0.15) is 4.98 Å². The molecule has 4 bridgehead atoms. The van der Waals surface area contributed by atoms with Crippen LogP contribution in [0.15, 0.2) is 53.4 Å². The van der Waals surface area contributed by atoms with Gasteiger partial charge in [0.1, 0.15) is 12.2 Å². The number of amides is 2. The van der Waals surface area contributed by atoms with Crippen LogP contribution in [0.25, 0.3) is 11.3 Å². The Hall–Kier alpha value is -4.19. The summed E-state index contributed by atoms with van der Waals surface area (Å²) in [5.74, 6) is 0.415. The monoisotopic (exact) mass is 681 g/mol. The fourth-order valence-corrected chi connectivity index (χ4v) is 7.48. The molecule has 5 rings (SSSR count). The van der Waals surface area contributed by atoms with Gasteiger partial charge >= 0.3 is 6.09 Å². The molecule has 48 heavy (non-hydrogen) atoms. The molecule has 1 saturated carbocycles. The topological polar surface area (TPSA) is 140 Å². The Morgan fingerprint density at radius 2 is 1.79 bits per heavy atom. The third kappa shape index (κ3) is 8.44. The summed E-state index contributed by atoms with van der Waals surface area (Å²) in [4.78, 5) is 37.4. The molecule has 3 aromatic rings. The van der Waals surface area contributed by atoms with E-state index in [9.17, 15) is 18.0 Å². The summed E-state index contributed by atoms with van der Waals surface area (Å²) in [5, 5.41) is 2.83. The zero-order chi connectivity index (χ0) is 34.8. The Bertz CT molecular complexity index is 1760. The first-order valence-electron chi connectivity index (χ1n) is 16.6. The zero-order valence-corrected chi connectivity index (χ0v) is 29.7. The Balaban J connectivity index is 0.00000338. The highest BCUT2D eigenvalue weighted by Crippen LogP contribution is 2.38. The first kappa shape index (κ1) is 35.1. The summed E-state index contributed by atoms with van der Waals surface area (Å²) in [6, 6.07) is 13.4. The minimum atomic E-state index is -4.15. The molecule has 2 amide bonds. The van der Waals surface area contributed by atoms with Gasteiger partial charge in [-0.3, -0.25) is 4.79 Å². The van der Waals surface area contributed by atoms with Crippen LogP contribution in [0.1, 0.15) is 84.6 Å². The van der Waals surface area contributed by atoms with E-state index in [2.05, 4.69) is 33.9 Å². The Morgan fingerprint density at radius 3 is 2.46 bits per heavy atom. The minimum Gasteiger partial charge on any atom is -0.475 e. The van der Waals surface area contributed by atoms with E-state index in [0.29, 0.717) is 24.6 Å². The molecule has 2 heterocycles. The fraction of sp³-hybridized carbons (Fsp3) is 0.500. The van der Waals surface area contributed by atoms with Crippen LogP contribution in [0.4, 0.5) is 10.7 Å². The molecule has 1 fully saturated rings. The van der Waals surface area contributed by atoms with Crippen molar-refractivity contribution < 1.29 is 30.3 Å². The van der Waals surface area contributed by atoms with Crippen molar-refractivity contribution in [3.8, 4) is 17.1 Å². The van der Waals surface area contributed by atoms with Crippen LogP contribution in [-0.4, -0.2) is 66.1 Å². The minimum absolute atomic E-state index is 0. The molecule has 11 nitrogen and oxygen atoms in total. The van der Waals surface area contributed by atoms with Crippen molar-refractivity contribution in [1.29, 1.82) is 0 Å². The Labute approximate surface area is 286 Å². The van der Waals surface area contributed by atoms with Crippen molar-refractivity contribution in [1.82, 2.24) is 20.2 Å². The van der Waals surface area contributed by atoms with Gasteiger partial charge in [-0.05, 0) is 101 Å². The average molecular weight is 682 g/mol. The first-order valence-corrected chi connectivity index (χ1v) is 18.1. The van der Waals surface area contributed by atoms with Gasteiger partial charge in [-0.25, -0.2) is 22.9 Å². The van der Waals surface area contributed by atoms with Crippen LogP contribution in [0.2, 0.25) is 0 Å². The fourth-order valence-electron chi connectivity index (χ4n) is 6.49. The van der Waals surface area contributed by atoms with Crippen molar-refractivity contribution in [2.75, 3.05) is 17.9 Å². The molecule has 2 aromatic carbocycles. The normalized spacial score (nSPS) is 20.7. The highest BCUT2D eigenvalue weighted by Gasteiger charge is 2.40. The third-order valence-corrected chi connectivity index (χ3v) is 10.0. The third-order valence-electron chi connectivity index (χ3n) is 8.68. The summed E-state index contributed by atoms with van der Waals surface area (Å²) in [6.07, 6.45) is 2.49. The summed E-state index contributed by atoms with van der Waals surface area (Å²) in [7, 11) is -4.15. The number of carbonyl (C=O) groups excluding carboxylic acids is 2. The molecule has 1 atom stereocenters. The van der Waals surface area contributed by atoms with Crippen LogP contribution >= 0.6 is 0 Å². The standard InChI is InChI=1S/C36H47N5O6S.2H2/c1-22(2)16-28-21-46-31-20-30(32-23(3)10-8-11-24(32)4)38-34(39-31)40-48(44,45)29-13-9-12-26(19-29)33(42)41(28)27-17-25(18-27)14-15-37-35(43)47-36(5,6)7;;/h8-13,19-20,22,25,27-28H,14-18,21H2,1-7H3,(H,37,43)(H,38,39,40);2*1H/t25?,27?,28-;;/m1../s1. The molecule has 1 aromatic heterocycles. The summed E-state index contributed by atoms with van der Waals surface area (Å²) >= 11 is 0.